The van der Waals surface area contributed by atoms with Gasteiger partial charge in [0, 0.05) is 6.61 Å². The van der Waals surface area contributed by atoms with Crippen molar-refractivity contribution in [3.63, 3.8) is 0 Å². The number of rotatable bonds is 4. The van der Waals surface area contributed by atoms with Crippen molar-refractivity contribution in [3.8, 4) is 0 Å². The molecule has 1 spiro atoms. The van der Waals surface area contributed by atoms with Crippen molar-refractivity contribution in [2.24, 2.45) is 0 Å². The van der Waals surface area contributed by atoms with Gasteiger partial charge in [0.2, 0.25) is 0 Å². The smallest absolute Gasteiger partial charge is 0.164 e. The van der Waals surface area contributed by atoms with E-state index in [2.05, 4.69) is 27.0 Å². The van der Waals surface area contributed by atoms with Crippen molar-refractivity contribution >= 4 is 0 Å². The Hall–Kier alpha value is -0.940. The van der Waals surface area contributed by atoms with E-state index < -0.39 is 0 Å². The van der Waals surface area contributed by atoms with Crippen LogP contribution in [0.5, 0.6) is 0 Å². The highest BCUT2D eigenvalue weighted by Gasteiger charge is 2.39. The lowest BCUT2D eigenvalue weighted by atomic mass is 9.78. The second-order valence-electron chi connectivity index (χ2n) is 6.16. The maximum Gasteiger partial charge on any atom is 0.164 e. The van der Waals surface area contributed by atoms with E-state index in [9.17, 15) is 0 Å². The van der Waals surface area contributed by atoms with Crippen molar-refractivity contribution in [2.45, 2.75) is 70.1 Å². The van der Waals surface area contributed by atoms with Gasteiger partial charge in [-0.15, -0.1) is 0 Å². The van der Waals surface area contributed by atoms with Gasteiger partial charge in [-0.25, -0.2) is 9.67 Å². The first-order chi connectivity index (χ1) is 9.81. The Bertz CT molecular complexity index is 420. The van der Waals surface area contributed by atoms with Crippen LogP contribution in [0.25, 0.3) is 0 Å². The van der Waals surface area contributed by atoms with Crippen LogP contribution >= 0.6 is 0 Å². The van der Waals surface area contributed by atoms with E-state index in [4.69, 9.17) is 4.74 Å². The normalized spacial score (nSPS) is 25.9. The van der Waals surface area contributed by atoms with Crippen molar-refractivity contribution in [1.29, 1.82) is 0 Å². The highest BCUT2D eigenvalue weighted by Crippen LogP contribution is 2.41. The maximum absolute atomic E-state index is 6.16. The molecule has 20 heavy (non-hydrogen) atoms. The van der Waals surface area contributed by atoms with Crippen LogP contribution in [0.3, 0.4) is 0 Å². The summed E-state index contributed by atoms with van der Waals surface area (Å²) in [4.78, 5) is 4.41. The number of ether oxygens (including phenoxy) is 1. The van der Waals surface area contributed by atoms with Gasteiger partial charge in [-0.3, -0.25) is 0 Å². The van der Waals surface area contributed by atoms with Gasteiger partial charge in [0.05, 0.1) is 18.2 Å². The first kappa shape index (κ1) is 14.0. The molecule has 1 atom stereocenters. The third kappa shape index (κ3) is 3.04. The van der Waals surface area contributed by atoms with Crippen LogP contribution in [0, 0.1) is 0 Å². The molecule has 2 aliphatic rings. The summed E-state index contributed by atoms with van der Waals surface area (Å²) in [5.41, 5.74) is 0.134. The molecule has 3 rings (SSSR count). The quantitative estimate of drug-likeness (QED) is 0.919. The van der Waals surface area contributed by atoms with E-state index in [1.165, 1.54) is 32.1 Å². The first-order valence-electron chi connectivity index (χ1n) is 8.06. The summed E-state index contributed by atoms with van der Waals surface area (Å²) >= 11 is 0. The average Bonchev–Trinajstić information content (AvgIpc) is 2.95. The van der Waals surface area contributed by atoms with Gasteiger partial charge in [-0.1, -0.05) is 26.2 Å². The van der Waals surface area contributed by atoms with E-state index in [0.29, 0.717) is 6.04 Å². The summed E-state index contributed by atoms with van der Waals surface area (Å²) in [6.07, 6.45) is 10.5. The van der Waals surface area contributed by atoms with Crippen LogP contribution in [0.15, 0.2) is 6.33 Å². The lowest BCUT2D eigenvalue weighted by molar-refractivity contribution is -0.115. The molecular formula is C15H26N4O. The number of nitrogens with one attached hydrogen (secondary N) is 1. The molecule has 1 aliphatic heterocycles. The van der Waals surface area contributed by atoms with E-state index in [1.807, 2.05) is 6.33 Å². The maximum atomic E-state index is 6.16. The molecule has 1 aromatic heterocycles. The largest absolute Gasteiger partial charge is 0.375 e. The second kappa shape index (κ2) is 6.22. The van der Waals surface area contributed by atoms with Gasteiger partial charge in [0.25, 0.3) is 0 Å². The Morgan fingerprint density at radius 1 is 1.40 bits per heavy atom. The molecule has 1 N–H and O–H groups in total. The van der Waals surface area contributed by atoms with Crippen LogP contribution < -0.4 is 5.32 Å². The molecule has 1 saturated carbocycles. The number of hydrogen-bond acceptors (Lipinski definition) is 4. The SMILES string of the molecule is CCNCc1ncn(C2CCOC3(CCCCC3)C2)n1. The van der Waals surface area contributed by atoms with Crippen molar-refractivity contribution < 1.29 is 4.74 Å². The van der Waals surface area contributed by atoms with Gasteiger partial charge in [-0.2, -0.15) is 5.10 Å². The van der Waals surface area contributed by atoms with Crippen LogP contribution in [0.2, 0.25) is 0 Å². The van der Waals surface area contributed by atoms with E-state index >= 15 is 0 Å². The summed E-state index contributed by atoms with van der Waals surface area (Å²) < 4.78 is 8.23. The van der Waals surface area contributed by atoms with Gasteiger partial charge in [0.15, 0.2) is 5.82 Å². The molecule has 112 valence electrons. The van der Waals surface area contributed by atoms with Crippen LogP contribution in [-0.2, 0) is 11.3 Å². The summed E-state index contributed by atoms with van der Waals surface area (Å²) in [7, 11) is 0. The minimum absolute atomic E-state index is 0.134. The van der Waals surface area contributed by atoms with Crippen molar-refractivity contribution in [1.82, 2.24) is 20.1 Å². The highest BCUT2D eigenvalue weighted by molar-refractivity contribution is 4.92. The molecule has 0 bridgehead atoms. The first-order valence-corrected chi connectivity index (χ1v) is 8.06. The number of hydrogen-bond donors (Lipinski definition) is 1. The Labute approximate surface area is 121 Å². The third-order valence-corrected chi connectivity index (χ3v) is 4.69. The zero-order valence-corrected chi connectivity index (χ0v) is 12.5. The molecule has 2 fully saturated rings. The fourth-order valence-electron chi connectivity index (χ4n) is 3.58. The van der Waals surface area contributed by atoms with Gasteiger partial charge < -0.3 is 10.1 Å². The molecule has 1 saturated heterocycles. The molecule has 0 radical (unpaired) electrons. The molecule has 5 nitrogen and oxygen atoms in total. The summed E-state index contributed by atoms with van der Waals surface area (Å²) in [5, 5.41) is 7.91. The van der Waals surface area contributed by atoms with Crippen LogP contribution in [0.4, 0.5) is 0 Å². The third-order valence-electron chi connectivity index (χ3n) is 4.69. The summed E-state index contributed by atoms with van der Waals surface area (Å²) in [6.45, 7) is 4.68. The Kier molecular flexibility index (Phi) is 4.36. The molecule has 2 heterocycles. The number of aromatic nitrogens is 3. The summed E-state index contributed by atoms with van der Waals surface area (Å²) in [6, 6.07) is 0.463. The van der Waals surface area contributed by atoms with Crippen LogP contribution in [-0.4, -0.2) is 33.5 Å². The minimum Gasteiger partial charge on any atom is -0.375 e. The molecule has 1 unspecified atom stereocenters. The predicted molar refractivity (Wildman–Crippen MR) is 77.4 cm³/mol. The van der Waals surface area contributed by atoms with Crippen molar-refractivity contribution in [2.75, 3.05) is 13.2 Å². The van der Waals surface area contributed by atoms with E-state index in [1.54, 1.807) is 0 Å². The lowest BCUT2D eigenvalue weighted by Crippen LogP contribution is -2.42. The molecule has 1 aromatic rings. The minimum atomic E-state index is 0.134. The topological polar surface area (TPSA) is 52.0 Å². The Balaban J connectivity index is 1.65. The predicted octanol–water partition coefficient (Wildman–Crippen LogP) is 2.44. The Morgan fingerprint density at radius 3 is 3.05 bits per heavy atom. The molecular weight excluding hydrogens is 252 g/mol. The molecule has 5 heteroatoms. The number of nitrogens with zero attached hydrogens (tertiary/aromatic N) is 3. The fraction of sp³-hybridized carbons (Fsp3) is 0.867. The van der Waals surface area contributed by atoms with Crippen LogP contribution in [0.1, 0.15) is 63.7 Å². The zero-order valence-electron chi connectivity index (χ0n) is 12.5. The average molecular weight is 278 g/mol. The van der Waals surface area contributed by atoms with Gasteiger partial charge in [0.1, 0.15) is 6.33 Å². The monoisotopic (exact) mass is 278 g/mol. The van der Waals surface area contributed by atoms with E-state index in [-0.39, 0.29) is 5.60 Å². The lowest BCUT2D eigenvalue weighted by Gasteiger charge is -2.43. The summed E-state index contributed by atoms with van der Waals surface area (Å²) in [5.74, 6) is 0.899. The highest BCUT2D eigenvalue weighted by atomic mass is 16.5. The standard InChI is InChI=1S/C15H26N4O/c1-2-16-11-14-17-12-19(18-14)13-6-9-20-15(10-13)7-4-3-5-8-15/h12-13,16H,2-11H2,1H3. The second-order valence-corrected chi connectivity index (χ2v) is 6.16. The zero-order chi connectivity index (χ0) is 13.8. The molecule has 0 amide bonds. The van der Waals surface area contributed by atoms with Crippen molar-refractivity contribution in [3.05, 3.63) is 12.2 Å². The Morgan fingerprint density at radius 2 is 2.25 bits per heavy atom. The molecule has 0 aromatic carbocycles. The van der Waals surface area contributed by atoms with Gasteiger partial charge in [-0.05, 0) is 32.2 Å². The van der Waals surface area contributed by atoms with E-state index in [0.717, 1.165) is 38.4 Å². The molecule has 1 aliphatic carbocycles. The van der Waals surface area contributed by atoms with Gasteiger partial charge >= 0.3 is 0 Å². The fourth-order valence-corrected chi connectivity index (χ4v) is 3.58.